The highest BCUT2D eigenvalue weighted by Gasteiger charge is 2.28. The topological polar surface area (TPSA) is 37.4 Å². The molecule has 1 aliphatic heterocycles. The highest BCUT2D eigenvalue weighted by molar-refractivity contribution is 7.91. The summed E-state index contributed by atoms with van der Waals surface area (Å²) in [5.41, 5.74) is 0. The van der Waals surface area contributed by atoms with Crippen LogP contribution in [0, 0.1) is 5.92 Å². The van der Waals surface area contributed by atoms with Crippen LogP contribution in [0.4, 0.5) is 0 Å². The Balaban J connectivity index is 2.36. The van der Waals surface area contributed by atoms with Crippen LogP contribution in [0.25, 0.3) is 0 Å². The Hall–Kier alpha value is -0.0600. The lowest BCUT2D eigenvalue weighted by Crippen LogP contribution is -2.27. The van der Waals surface area contributed by atoms with E-state index in [4.69, 9.17) is 11.6 Å². The monoisotopic (exact) mass is 237 g/mol. The molecule has 1 saturated heterocycles. The van der Waals surface area contributed by atoms with Crippen LogP contribution in [0.3, 0.4) is 0 Å². The van der Waals surface area contributed by atoms with Crippen molar-refractivity contribution in [1.82, 2.24) is 4.90 Å². The summed E-state index contributed by atoms with van der Waals surface area (Å²) in [5, 5.41) is 0.591. The molecule has 14 heavy (non-hydrogen) atoms. The lowest BCUT2D eigenvalue weighted by atomic mass is 10.1. The number of hydrogen-bond acceptors (Lipinski definition) is 3. The highest BCUT2D eigenvalue weighted by Crippen LogP contribution is 2.19. The minimum atomic E-state index is -2.75. The molecule has 1 aliphatic rings. The van der Waals surface area contributed by atoms with E-state index < -0.39 is 9.84 Å². The Bertz CT molecular complexity index is 313. The standard InChI is InChI=1S/C9H16ClNO2S/c1-8(10)5-11(2)6-9-3-4-14(12,13)7-9/h9H,1,3-7H2,2H3. The average molecular weight is 238 g/mol. The van der Waals surface area contributed by atoms with Gasteiger partial charge in [0, 0.05) is 18.1 Å². The molecule has 0 bridgehead atoms. The van der Waals surface area contributed by atoms with Gasteiger partial charge in [-0.3, -0.25) is 0 Å². The second kappa shape index (κ2) is 4.64. The van der Waals surface area contributed by atoms with Crippen LogP contribution in [0.5, 0.6) is 0 Å². The molecule has 0 aromatic heterocycles. The van der Waals surface area contributed by atoms with Crippen molar-refractivity contribution in [1.29, 1.82) is 0 Å². The van der Waals surface area contributed by atoms with Gasteiger partial charge < -0.3 is 4.90 Å². The predicted molar refractivity (Wildman–Crippen MR) is 59.3 cm³/mol. The summed E-state index contributed by atoms with van der Waals surface area (Å²) in [6.07, 6.45) is 0.779. The van der Waals surface area contributed by atoms with Gasteiger partial charge in [0.25, 0.3) is 0 Å². The number of likely N-dealkylation sites (N-methyl/N-ethyl adjacent to an activating group) is 1. The van der Waals surface area contributed by atoms with Gasteiger partial charge in [-0.1, -0.05) is 18.2 Å². The van der Waals surface area contributed by atoms with Crippen LogP contribution in [-0.2, 0) is 9.84 Å². The van der Waals surface area contributed by atoms with Gasteiger partial charge in [0.15, 0.2) is 9.84 Å². The fraction of sp³-hybridized carbons (Fsp3) is 0.778. The SMILES string of the molecule is C=C(Cl)CN(C)CC1CCS(=O)(=O)C1. The summed E-state index contributed by atoms with van der Waals surface area (Å²) >= 11 is 5.66. The van der Waals surface area contributed by atoms with Crippen LogP contribution in [0.15, 0.2) is 11.6 Å². The molecule has 1 fully saturated rings. The maximum absolute atomic E-state index is 11.2. The van der Waals surface area contributed by atoms with Gasteiger partial charge in [0.05, 0.1) is 11.5 Å². The molecule has 0 radical (unpaired) electrons. The molecular formula is C9H16ClNO2S. The molecule has 5 heteroatoms. The van der Waals surface area contributed by atoms with E-state index >= 15 is 0 Å². The third kappa shape index (κ3) is 3.98. The zero-order valence-electron chi connectivity index (χ0n) is 8.37. The number of halogens is 1. The Kier molecular flexibility index (Phi) is 3.98. The largest absolute Gasteiger partial charge is 0.301 e. The second-order valence-corrected chi connectivity index (χ2v) is 6.75. The summed E-state index contributed by atoms with van der Waals surface area (Å²) < 4.78 is 22.4. The molecule has 1 heterocycles. The summed E-state index contributed by atoms with van der Waals surface area (Å²) in [6.45, 7) is 5.01. The highest BCUT2D eigenvalue weighted by atomic mass is 35.5. The molecular weight excluding hydrogens is 222 g/mol. The van der Waals surface area contributed by atoms with Crippen molar-refractivity contribution in [2.45, 2.75) is 6.42 Å². The average Bonchev–Trinajstić information content (AvgIpc) is 2.27. The van der Waals surface area contributed by atoms with Crippen molar-refractivity contribution in [3.63, 3.8) is 0 Å². The van der Waals surface area contributed by atoms with Crippen LogP contribution < -0.4 is 0 Å². The van der Waals surface area contributed by atoms with Gasteiger partial charge >= 0.3 is 0 Å². The van der Waals surface area contributed by atoms with E-state index in [1.54, 1.807) is 0 Å². The van der Waals surface area contributed by atoms with Gasteiger partial charge in [-0.05, 0) is 19.4 Å². The summed E-state index contributed by atoms with van der Waals surface area (Å²) in [5.74, 6) is 0.931. The molecule has 3 nitrogen and oxygen atoms in total. The van der Waals surface area contributed by atoms with E-state index in [1.165, 1.54) is 0 Å². The first-order valence-electron chi connectivity index (χ1n) is 4.61. The number of nitrogens with zero attached hydrogens (tertiary/aromatic N) is 1. The third-order valence-corrected chi connectivity index (χ3v) is 4.29. The molecule has 82 valence electrons. The Morgan fingerprint density at radius 3 is 2.71 bits per heavy atom. The normalized spacial score (nSPS) is 25.5. The zero-order valence-corrected chi connectivity index (χ0v) is 9.94. The number of sulfone groups is 1. The number of hydrogen-bond donors (Lipinski definition) is 0. The lowest BCUT2D eigenvalue weighted by molar-refractivity contribution is 0.313. The molecule has 0 spiro atoms. The fourth-order valence-corrected chi connectivity index (χ4v) is 3.87. The zero-order chi connectivity index (χ0) is 10.8. The second-order valence-electron chi connectivity index (χ2n) is 3.98. The lowest BCUT2D eigenvalue weighted by Gasteiger charge is -2.19. The van der Waals surface area contributed by atoms with Crippen LogP contribution >= 0.6 is 11.6 Å². The minimum absolute atomic E-state index is 0.265. The van der Waals surface area contributed by atoms with Crippen molar-refractivity contribution in [2.24, 2.45) is 5.92 Å². The molecule has 0 aliphatic carbocycles. The summed E-state index contributed by atoms with van der Waals surface area (Å²) in [7, 11) is -0.823. The molecule has 1 atom stereocenters. The maximum Gasteiger partial charge on any atom is 0.150 e. The number of rotatable bonds is 4. The van der Waals surface area contributed by atoms with Crippen molar-refractivity contribution < 1.29 is 8.42 Å². The fourth-order valence-electron chi connectivity index (χ4n) is 1.81. The van der Waals surface area contributed by atoms with Gasteiger partial charge in [0.1, 0.15) is 0 Å². The predicted octanol–water partition coefficient (Wildman–Crippen LogP) is 1.11. The molecule has 0 amide bonds. The van der Waals surface area contributed by atoms with Crippen LogP contribution in [0.2, 0.25) is 0 Å². The van der Waals surface area contributed by atoms with Gasteiger partial charge in [-0.2, -0.15) is 0 Å². The van der Waals surface area contributed by atoms with Gasteiger partial charge in [0.2, 0.25) is 0 Å². The Morgan fingerprint density at radius 2 is 2.29 bits per heavy atom. The van der Waals surface area contributed by atoms with Crippen molar-refractivity contribution in [3.05, 3.63) is 11.6 Å². The van der Waals surface area contributed by atoms with Crippen molar-refractivity contribution >= 4 is 21.4 Å². The van der Waals surface area contributed by atoms with E-state index in [0.717, 1.165) is 13.0 Å². The van der Waals surface area contributed by atoms with Crippen molar-refractivity contribution in [2.75, 3.05) is 31.6 Å². The van der Waals surface area contributed by atoms with Gasteiger partial charge in [-0.15, -0.1) is 0 Å². The van der Waals surface area contributed by atoms with E-state index in [9.17, 15) is 8.42 Å². The molecule has 0 N–H and O–H groups in total. The van der Waals surface area contributed by atoms with Crippen molar-refractivity contribution in [3.8, 4) is 0 Å². The van der Waals surface area contributed by atoms with E-state index in [1.807, 2.05) is 11.9 Å². The first-order valence-corrected chi connectivity index (χ1v) is 6.81. The van der Waals surface area contributed by atoms with Crippen LogP contribution in [0.1, 0.15) is 6.42 Å². The third-order valence-electron chi connectivity index (χ3n) is 2.34. The Labute approximate surface area is 90.7 Å². The van der Waals surface area contributed by atoms with E-state index in [2.05, 4.69) is 6.58 Å². The molecule has 0 aromatic rings. The molecule has 1 rings (SSSR count). The smallest absolute Gasteiger partial charge is 0.150 e. The maximum atomic E-state index is 11.2. The van der Waals surface area contributed by atoms with E-state index in [0.29, 0.717) is 23.1 Å². The molecule has 0 aromatic carbocycles. The van der Waals surface area contributed by atoms with Gasteiger partial charge in [-0.25, -0.2) is 8.42 Å². The molecule has 0 saturated carbocycles. The van der Waals surface area contributed by atoms with Crippen LogP contribution in [-0.4, -0.2) is 45.0 Å². The first-order chi connectivity index (χ1) is 6.39. The first kappa shape index (κ1) is 12.0. The minimum Gasteiger partial charge on any atom is -0.301 e. The summed E-state index contributed by atoms with van der Waals surface area (Å²) in [4.78, 5) is 2.01. The Morgan fingerprint density at radius 1 is 1.64 bits per heavy atom. The molecule has 1 unspecified atom stereocenters. The van der Waals surface area contributed by atoms with E-state index in [-0.39, 0.29) is 5.92 Å². The quantitative estimate of drug-likeness (QED) is 0.735. The summed E-state index contributed by atoms with van der Waals surface area (Å²) in [6, 6.07) is 0.